The first kappa shape index (κ1) is 23.0. The zero-order chi connectivity index (χ0) is 24.2. The molecule has 0 unspecified atom stereocenters. The number of hydrogen-bond donors (Lipinski definition) is 0. The van der Waals surface area contributed by atoms with Crippen LogP contribution < -0.4 is 0 Å². The van der Waals surface area contributed by atoms with E-state index in [1.54, 1.807) is 13.8 Å². The monoisotopic (exact) mass is 470 g/mol. The molecule has 0 spiro atoms. The number of rotatable bonds is 5. The van der Waals surface area contributed by atoms with Gasteiger partial charge in [0.2, 0.25) is 11.8 Å². The van der Waals surface area contributed by atoms with Gasteiger partial charge in [-0.15, -0.1) is 0 Å². The molecule has 3 heterocycles. The average molecular weight is 471 g/mol. The molecule has 2 aromatic rings. The van der Waals surface area contributed by atoms with Crippen molar-refractivity contribution in [1.29, 1.82) is 0 Å². The van der Waals surface area contributed by atoms with E-state index in [1.165, 1.54) is 6.07 Å². The fourth-order valence-electron chi connectivity index (χ4n) is 7.07. The van der Waals surface area contributed by atoms with E-state index in [2.05, 4.69) is 24.2 Å². The third-order valence-corrected chi connectivity index (χ3v) is 8.34. The molecule has 5 rings (SSSR count). The van der Waals surface area contributed by atoms with E-state index < -0.39 is 6.43 Å². The van der Waals surface area contributed by atoms with Crippen LogP contribution in [0.15, 0.2) is 36.4 Å². The second-order valence-corrected chi connectivity index (χ2v) is 10.4. The van der Waals surface area contributed by atoms with Crippen molar-refractivity contribution in [3.05, 3.63) is 53.3 Å². The fourth-order valence-corrected chi connectivity index (χ4v) is 7.07. The number of amides is 2. The highest BCUT2D eigenvalue weighted by molar-refractivity contribution is 5.79. The quantitative estimate of drug-likeness (QED) is 0.660. The van der Waals surface area contributed by atoms with Gasteiger partial charge in [0.15, 0.2) is 0 Å². The maximum atomic E-state index is 13.8. The average Bonchev–Trinajstić information content (AvgIpc) is 3.30. The number of piperidine rings is 1. The van der Waals surface area contributed by atoms with E-state index >= 15 is 0 Å². The maximum absolute atomic E-state index is 13.8. The van der Waals surface area contributed by atoms with Crippen molar-refractivity contribution >= 4 is 11.8 Å². The molecule has 2 aliphatic heterocycles. The Kier molecular flexibility index (Phi) is 5.73. The van der Waals surface area contributed by atoms with Crippen LogP contribution in [-0.2, 0) is 22.6 Å². The van der Waals surface area contributed by atoms with Crippen LogP contribution in [0.1, 0.15) is 62.9 Å². The molecule has 2 saturated heterocycles. The number of carbonyl (C=O) groups is 2. The topological polar surface area (TPSA) is 58.4 Å². The van der Waals surface area contributed by atoms with Crippen LogP contribution in [0, 0.1) is 12.3 Å². The van der Waals surface area contributed by atoms with E-state index in [0.29, 0.717) is 12.1 Å². The number of likely N-dealkylation sites (tertiary alicyclic amines) is 2. The van der Waals surface area contributed by atoms with Gasteiger partial charge in [0.25, 0.3) is 6.43 Å². The Morgan fingerprint density at radius 1 is 1.15 bits per heavy atom. The van der Waals surface area contributed by atoms with Gasteiger partial charge in [-0.05, 0) is 50.7 Å². The van der Waals surface area contributed by atoms with E-state index in [-0.39, 0.29) is 53.6 Å². The van der Waals surface area contributed by atoms with Crippen molar-refractivity contribution < 1.29 is 18.4 Å². The number of alkyl halides is 2. The van der Waals surface area contributed by atoms with Gasteiger partial charge in [-0.1, -0.05) is 37.3 Å². The minimum Gasteiger partial charge on any atom is -0.334 e. The summed E-state index contributed by atoms with van der Waals surface area (Å²) < 4.78 is 28.3. The molecule has 34 heavy (non-hydrogen) atoms. The number of nitrogens with zero attached hydrogens (tertiary/aromatic N) is 4. The number of aryl methyl sites for hydroxylation is 1. The van der Waals surface area contributed by atoms with Gasteiger partial charge in [-0.3, -0.25) is 14.3 Å². The lowest BCUT2D eigenvalue weighted by atomic mass is 9.64. The Morgan fingerprint density at radius 2 is 1.82 bits per heavy atom. The highest BCUT2D eigenvalue weighted by atomic mass is 19.3. The zero-order valence-electron chi connectivity index (χ0n) is 20.0. The van der Waals surface area contributed by atoms with Crippen molar-refractivity contribution in [3.8, 4) is 0 Å². The van der Waals surface area contributed by atoms with Crippen molar-refractivity contribution in [2.45, 2.75) is 90.0 Å². The van der Waals surface area contributed by atoms with Crippen LogP contribution in [0.5, 0.6) is 0 Å². The molecule has 1 aromatic carbocycles. The highest BCUT2D eigenvalue weighted by Gasteiger charge is 2.64. The predicted molar refractivity (Wildman–Crippen MR) is 123 cm³/mol. The first-order chi connectivity index (χ1) is 16.2. The summed E-state index contributed by atoms with van der Waals surface area (Å²) in [6.45, 7) is 5.28. The van der Waals surface area contributed by atoms with Crippen molar-refractivity contribution in [2.24, 2.45) is 5.41 Å². The Morgan fingerprint density at radius 3 is 2.47 bits per heavy atom. The summed E-state index contributed by atoms with van der Waals surface area (Å²) in [5, 5.41) is 4.18. The first-order valence-electron chi connectivity index (χ1n) is 12.2. The zero-order valence-corrected chi connectivity index (χ0v) is 20.0. The lowest BCUT2D eigenvalue weighted by Crippen LogP contribution is -2.62. The van der Waals surface area contributed by atoms with Crippen molar-refractivity contribution in [2.75, 3.05) is 0 Å². The maximum Gasteiger partial charge on any atom is 0.280 e. The summed E-state index contributed by atoms with van der Waals surface area (Å²) in [6.07, 6.45) is 1.54. The normalized spacial score (nSPS) is 30.2. The molecular formula is C26H32F2N4O2. The van der Waals surface area contributed by atoms with Gasteiger partial charge in [0, 0.05) is 24.4 Å². The summed E-state index contributed by atoms with van der Waals surface area (Å²) in [7, 11) is 0. The molecule has 1 saturated carbocycles. The van der Waals surface area contributed by atoms with Gasteiger partial charge in [0.05, 0.1) is 17.8 Å². The van der Waals surface area contributed by atoms with Crippen molar-refractivity contribution in [1.82, 2.24) is 19.6 Å². The second kappa shape index (κ2) is 8.47. The van der Waals surface area contributed by atoms with Crippen LogP contribution >= 0.6 is 0 Å². The molecule has 2 amide bonds. The summed E-state index contributed by atoms with van der Waals surface area (Å²) in [5.74, 6) is -0.146. The SMILES string of the molecule is CC(=O)N1[C@H](Cc2ccccc2)[C@@H]2C[C@@]3(C)[C@H](CCC[C@@H]13)N2C(=O)Cn1nc(C)cc1C(F)F. The van der Waals surface area contributed by atoms with E-state index in [0.717, 1.165) is 35.9 Å². The van der Waals surface area contributed by atoms with Gasteiger partial charge >= 0.3 is 0 Å². The number of halogens is 2. The van der Waals surface area contributed by atoms with E-state index in [1.807, 2.05) is 28.0 Å². The first-order valence-corrected chi connectivity index (χ1v) is 12.2. The van der Waals surface area contributed by atoms with Gasteiger partial charge in [-0.2, -0.15) is 5.10 Å². The molecule has 2 bridgehead atoms. The minimum absolute atomic E-state index is 0.00182. The largest absolute Gasteiger partial charge is 0.334 e. The third-order valence-electron chi connectivity index (χ3n) is 8.34. The molecule has 1 aromatic heterocycles. The Labute approximate surface area is 198 Å². The molecule has 3 fully saturated rings. The standard InChI is InChI=1S/C26H32F2N4O2/c1-16-12-20(25(27)28)30(29-16)15-24(34)32-21-14-26(3)22(10-7-11-23(26)32)31(17(2)33)19(21)13-18-8-5-4-6-9-18/h4-6,8-9,12,19,21-23,25H,7,10-11,13-15H2,1-3H3/t19-,21+,22-,23+,26-/m1/s1. The van der Waals surface area contributed by atoms with Crippen LogP contribution in [-0.4, -0.2) is 55.6 Å². The molecule has 8 heteroatoms. The van der Waals surface area contributed by atoms with E-state index in [4.69, 9.17) is 0 Å². The van der Waals surface area contributed by atoms with Crippen LogP contribution in [0.3, 0.4) is 0 Å². The predicted octanol–water partition coefficient (Wildman–Crippen LogP) is 4.13. The Hall–Kier alpha value is -2.77. The highest BCUT2D eigenvalue weighted by Crippen LogP contribution is 2.56. The lowest BCUT2D eigenvalue weighted by molar-refractivity contribution is -0.143. The Balaban J connectivity index is 1.52. The molecule has 3 aliphatic rings. The number of benzene rings is 1. The molecule has 0 radical (unpaired) electrons. The Bertz CT molecular complexity index is 1090. The molecule has 5 atom stereocenters. The number of hydrogen-bond acceptors (Lipinski definition) is 3. The molecule has 1 aliphatic carbocycles. The third kappa shape index (κ3) is 3.62. The van der Waals surface area contributed by atoms with Gasteiger partial charge in [0.1, 0.15) is 12.2 Å². The lowest BCUT2D eigenvalue weighted by Gasteiger charge is -2.52. The molecule has 182 valence electrons. The van der Waals surface area contributed by atoms with Gasteiger partial charge < -0.3 is 9.80 Å². The number of aromatic nitrogens is 2. The fraction of sp³-hybridized carbons (Fsp3) is 0.577. The second-order valence-electron chi connectivity index (χ2n) is 10.4. The summed E-state index contributed by atoms with van der Waals surface area (Å²) in [6, 6.07) is 11.2. The van der Waals surface area contributed by atoms with E-state index in [9.17, 15) is 18.4 Å². The molecular weight excluding hydrogens is 438 g/mol. The summed E-state index contributed by atoms with van der Waals surface area (Å²) >= 11 is 0. The number of fused-ring (bicyclic) bond motifs is 1. The van der Waals surface area contributed by atoms with Crippen LogP contribution in [0.2, 0.25) is 0 Å². The van der Waals surface area contributed by atoms with Crippen LogP contribution in [0.4, 0.5) is 8.78 Å². The number of carbonyl (C=O) groups excluding carboxylic acids is 2. The smallest absolute Gasteiger partial charge is 0.280 e. The molecule has 6 nitrogen and oxygen atoms in total. The molecule has 0 N–H and O–H groups in total. The van der Waals surface area contributed by atoms with Gasteiger partial charge in [-0.25, -0.2) is 8.78 Å². The minimum atomic E-state index is -2.69. The van der Waals surface area contributed by atoms with Crippen LogP contribution in [0.25, 0.3) is 0 Å². The van der Waals surface area contributed by atoms with Crippen molar-refractivity contribution in [3.63, 3.8) is 0 Å². The summed E-state index contributed by atoms with van der Waals surface area (Å²) in [5.41, 5.74) is 1.17. The summed E-state index contributed by atoms with van der Waals surface area (Å²) in [4.78, 5) is 30.7.